The molecule has 7 heteroatoms. The standard InChI is InChI=1S/C9H12ClN3O2.ClH/c10-8-6-7(13(14)15)2-3-9(8)12-5-1-4-11;/h2-3,6,12H,1,4-5,11H2;1H. The number of non-ortho nitro benzene ring substituents is 1. The maximum atomic E-state index is 10.4. The molecule has 0 unspecified atom stereocenters. The number of anilines is 1. The number of rotatable bonds is 5. The Labute approximate surface area is 105 Å². The minimum absolute atomic E-state index is 0. The van der Waals surface area contributed by atoms with Crippen molar-refractivity contribution >= 4 is 35.4 Å². The number of nitro groups is 1. The molecular formula is C9H13Cl2N3O2. The van der Waals surface area contributed by atoms with Crippen LogP contribution in [0.5, 0.6) is 0 Å². The zero-order chi connectivity index (χ0) is 11.3. The molecule has 0 saturated carbocycles. The Kier molecular flexibility index (Phi) is 6.80. The van der Waals surface area contributed by atoms with E-state index in [0.29, 0.717) is 23.8 Å². The third kappa shape index (κ3) is 4.22. The van der Waals surface area contributed by atoms with Crippen molar-refractivity contribution in [1.82, 2.24) is 0 Å². The van der Waals surface area contributed by atoms with Crippen LogP contribution in [0, 0.1) is 10.1 Å². The average Bonchev–Trinajstić information content (AvgIpc) is 2.20. The highest BCUT2D eigenvalue weighted by atomic mass is 35.5. The number of nitrogens with one attached hydrogen (secondary N) is 1. The number of benzene rings is 1. The van der Waals surface area contributed by atoms with Crippen molar-refractivity contribution in [3.63, 3.8) is 0 Å². The summed E-state index contributed by atoms with van der Waals surface area (Å²) in [5.41, 5.74) is 6.01. The first-order valence-corrected chi connectivity index (χ1v) is 4.91. The second-order valence-electron chi connectivity index (χ2n) is 2.99. The SMILES string of the molecule is Cl.NCCCNc1ccc([N+](=O)[O-])cc1Cl. The quantitative estimate of drug-likeness (QED) is 0.487. The molecule has 0 fully saturated rings. The Bertz CT molecular complexity index is 361. The van der Waals surface area contributed by atoms with Crippen molar-refractivity contribution in [3.8, 4) is 0 Å². The zero-order valence-corrected chi connectivity index (χ0v) is 10.1. The van der Waals surface area contributed by atoms with Crippen molar-refractivity contribution < 1.29 is 4.92 Å². The van der Waals surface area contributed by atoms with E-state index in [0.717, 1.165) is 6.42 Å². The largest absolute Gasteiger partial charge is 0.384 e. The Morgan fingerprint density at radius 1 is 1.50 bits per heavy atom. The summed E-state index contributed by atoms with van der Waals surface area (Å²) < 4.78 is 0. The smallest absolute Gasteiger partial charge is 0.271 e. The molecular weight excluding hydrogens is 253 g/mol. The van der Waals surface area contributed by atoms with Gasteiger partial charge in [-0.15, -0.1) is 12.4 Å². The van der Waals surface area contributed by atoms with Crippen LogP contribution in [0.15, 0.2) is 18.2 Å². The van der Waals surface area contributed by atoms with Crippen LogP contribution in [-0.2, 0) is 0 Å². The monoisotopic (exact) mass is 265 g/mol. The van der Waals surface area contributed by atoms with Crippen molar-refractivity contribution in [2.75, 3.05) is 18.4 Å². The second kappa shape index (κ2) is 7.27. The molecule has 1 rings (SSSR count). The van der Waals surface area contributed by atoms with Gasteiger partial charge in [-0.25, -0.2) is 0 Å². The highest BCUT2D eigenvalue weighted by molar-refractivity contribution is 6.33. The molecule has 0 aliphatic rings. The fourth-order valence-electron chi connectivity index (χ4n) is 1.09. The van der Waals surface area contributed by atoms with Crippen molar-refractivity contribution in [1.29, 1.82) is 0 Å². The topological polar surface area (TPSA) is 81.2 Å². The lowest BCUT2D eigenvalue weighted by molar-refractivity contribution is -0.384. The Balaban J connectivity index is 0.00000225. The van der Waals surface area contributed by atoms with Crippen molar-refractivity contribution in [2.45, 2.75) is 6.42 Å². The van der Waals surface area contributed by atoms with Gasteiger partial charge in [0.2, 0.25) is 0 Å². The number of hydrogen-bond acceptors (Lipinski definition) is 4. The molecule has 5 nitrogen and oxygen atoms in total. The summed E-state index contributed by atoms with van der Waals surface area (Å²) in [6, 6.07) is 4.33. The molecule has 0 aromatic heterocycles. The van der Waals surface area contributed by atoms with E-state index in [-0.39, 0.29) is 18.1 Å². The second-order valence-corrected chi connectivity index (χ2v) is 3.40. The van der Waals surface area contributed by atoms with Crippen molar-refractivity contribution in [3.05, 3.63) is 33.3 Å². The lowest BCUT2D eigenvalue weighted by Crippen LogP contribution is -2.08. The van der Waals surface area contributed by atoms with Gasteiger partial charge in [-0.1, -0.05) is 11.6 Å². The average molecular weight is 266 g/mol. The van der Waals surface area contributed by atoms with E-state index >= 15 is 0 Å². The number of nitrogens with two attached hydrogens (primary N) is 1. The van der Waals surface area contributed by atoms with E-state index in [2.05, 4.69) is 5.32 Å². The molecule has 3 N–H and O–H groups in total. The van der Waals surface area contributed by atoms with E-state index in [9.17, 15) is 10.1 Å². The first-order chi connectivity index (χ1) is 7.15. The van der Waals surface area contributed by atoms with E-state index in [1.165, 1.54) is 12.1 Å². The number of hydrogen-bond donors (Lipinski definition) is 2. The molecule has 0 aliphatic heterocycles. The molecule has 16 heavy (non-hydrogen) atoms. The predicted molar refractivity (Wildman–Crippen MR) is 67.5 cm³/mol. The summed E-state index contributed by atoms with van der Waals surface area (Å²) in [6.45, 7) is 1.30. The fraction of sp³-hybridized carbons (Fsp3) is 0.333. The van der Waals surface area contributed by atoms with Gasteiger partial charge in [-0.3, -0.25) is 10.1 Å². The maximum absolute atomic E-state index is 10.4. The van der Waals surface area contributed by atoms with Crippen LogP contribution in [0.1, 0.15) is 6.42 Å². The predicted octanol–water partition coefficient (Wildman–Crippen LogP) is 2.43. The number of nitro benzene ring substituents is 1. The Morgan fingerprint density at radius 3 is 2.69 bits per heavy atom. The van der Waals surface area contributed by atoms with E-state index in [4.69, 9.17) is 17.3 Å². The van der Waals surface area contributed by atoms with Gasteiger partial charge in [0.15, 0.2) is 0 Å². The van der Waals surface area contributed by atoms with E-state index in [1.54, 1.807) is 6.07 Å². The van der Waals surface area contributed by atoms with Crippen LogP contribution in [-0.4, -0.2) is 18.0 Å². The summed E-state index contributed by atoms with van der Waals surface area (Å²) in [7, 11) is 0. The lowest BCUT2D eigenvalue weighted by Gasteiger charge is -2.06. The van der Waals surface area contributed by atoms with Crippen molar-refractivity contribution in [2.24, 2.45) is 5.73 Å². The van der Waals surface area contributed by atoms with Gasteiger partial charge in [-0.2, -0.15) is 0 Å². The first-order valence-electron chi connectivity index (χ1n) is 4.53. The van der Waals surface area contributed by atoms with Gasteiger partial charge in [0, 0.05) is 18.7 Å². The number of halogens is 2. The molecule has 0 spiro atoms. The normalized spacial score (nSPS) is 9.38. The van der Waals surface area contributed by atoms with Crippen LogP contribution >= 0.6 is 24.0 Å². The summed E-state index contributed by atoms with van der Waals surface area (Å²) >= 11 is 5.85. The van der Waals surface area contributed by atoms with Crippen LogP contribution < -0.4 is 11.1 Å². The molecule has 90 valence electrons. The van der Waals surface area contributed by atoms with Gasteiger partial charge in [0.05, 0.1) is 15.6 Å². The third-order valence-electron chi connectivity index (χ3n) is 1.86. The molecule has 0 amide bonds. The molecule has 0 heterocycles. The Morgan fingerprint density at radius 2 is 2.19 bits per heavy atom. The van der Waals surface area contributed by atoms with Gasteiger partial charge >= 0.3 is 0 Å². The molecule has 0 bridgehead atoms. The minimum Gasteiger partial charge on any atom is -0.384 e. The molecule has 0 saturated heterocycles. The lowest BCUT2D eigenvalue weighted by atomic mass is 10.2. The Hall–Kier alpha value is -1.04. The van der Waals surface area contributed by atoms with Gasteiger partial charge in [0.1, 0.15) is 0 Å². The molecule has 1 aromatic carbocycles. The third-order valence-corrected chi connectivity index (χ3v) is 2.17. The summed E-state index contributed by atoms with van der Waals surface area (Å²) in [5, 5.41) is 13.8. The number of nitrogens with zero attached hydrogens (tertiary/aromatic N) is 1. The summed E-state index contributed by atoms with van der Waals surface area (Å²) in [4.78, 5) is 9.96. The van der Waals surface area contributed by atoms with Crippen LogP contribution in [0.25, 0.3) is 0 Å². The molecule has 0 atom stereocenters. The van der Waals surface area contributed by atoms with Gasteiger partial charge < -0.3 is 11.1 Å². The zero-order valence-electron chi connectivity index (χ0n) is 8.48. The minimum atomic E-state index is -0.477. The summed E-state index contributed by atoms with van der Waals surface area (Å²) in [5.74, 6) is 0. The van der Waals surface area contributed by atoms with Crippen LogP contribution in [0.4, 0.5) is 11.4 Å². The molecule has 0 aliphatic carbocycles. The van der Waals surface area contributed by atoms with E-state index in [1.807, 2.05) is 0 Å². The summed E-state index contributed by atoms with van der Waals surface area (Å²) in [6.07, 6.45) is 0.827. The first kappa shape index (κ1) is 15.0. The highest BCUT2D eigenvalue weighted by Crippen LogP contribution is 2.26. The van der Waals surface area contributed by atoms with Gasteiger partial charge in [0.25, 0.3) is 5.69 Å². The molecule has 0 radical (unpaired) electrons. The van der Waals surface area contributed by atoms with Gasteiger partial charge in [-0.05, 0) is 19.0 Å². The van der Waals surface area contributed by atoms with Crippen LogP contribution in [0.3, 0.4) is 0 Å². The fourth-order valence-corrected chi connectivity index (χ4v) is 1.33. The van der Waals surface area contributed by atoms with E-state index < -0.39 is 4.92 Å². The maximum Gasteiger partial charge on any atom is 0.271 e. The highest BCUT2D eigenvalue weighted by Gasteiger charge is 2.08. The van der Waals surface area contributed by atoms with Crippen LogP contribution in [0.2, 0.25) is 5.02 Å². The molecule has 1 aromatic rings.